The van der Waals surface area contributed by atoms with E-state index in [1.807, 2.05) is 0 Å². The Morgan fingerprint density at radius 3 is 2.62 bits per heavy atom. The quantitative estimate of drug-likeness (QED) is 0.503. The van der Waals surface area contributed by atoms with Gasteiger partial charge in [0.15, 0.2) is 11.6 Å². The van der Waals surface area contributed by atoms with Crippen LogP contribution < -0.4 is 0 Å². The number of ketones is 2. The molecule has 0 amide bonds. The van der Waals surface area contributed by atoms with Crippen LogP contribution in [0, 0.1) is 39.9 Å². The molecule has 0 aromatic heterocycles. The molecule has 0 aliphatic heterocycles. The summed E-state index contributed by atoms with van der Waals surface area (Å²) >= 11 is 0. The summed E-state index contributed by atoms with van der Waals surface area (Å²) in [6.07, 6.45) is 6.46. The second kappa shape index (κ2) is 3.21. The molecule has 2 nitrogen and oxygen atoms in total. The van der Waals surface area contributed by atoms with Crippen molar-refractivity contribution in [2.24, 2.45) is 39.9 Å². The number of hydrogen-bond donors (Lipinski definition) is 0. The van der Waals surface area contributed by atoms with E-state index in [2.05, 4.69) is 20.4 Å². The van der Waals surface area contributed by atoms with Gasteiger partial charge in [0.1, 0.15) is 0 Å². The second-order valence-electron chi connectivity index (χ2n) is 8.93. The minimum Gasteiger partial charge on any atom is -0.298 e. The SMILES string of the molecule is C=C1CCC[C@]2(C)[C@@H]1CC[C@@]13C(=O)[C@H]4[C@@H](C[C@H]12)[C@@]4(C)C3=O. The molecule has 0 aromatic carbocycles. The van der Waals surface area contributed by atoms with Crippen LogP contribution in [-0.4, -0.2) is 11.6 Å². The summed E-state index contributed by atoms with van der Waals surface area (Å²) in [5, 5.41) is 0. The summed E-state index contributed by atoms with van der Waals surface area (Å²) in [6, 6.07) is 0. The molecule has 21 heavy (non-hydrogen) atoms. The number of carbonyl (C=O) groups is 2. The first-order chi connectivity index (χ1) is 9.88. The molecule has 0 radical (unpaired) electrons. The topological polar surface area (TPSA) is 34.1 Å². The maximum absolute atomic E-state index is 13.2. The predicted octanol–water partition coefficient (Wildman–Crippen LogP) is 3.55. The van der Waals surface area contributed by atoms with Crippen molar-refractivity contribution in [3.8, 4) is 0 Å². The molecular formula is C19H24O2. The van der Waals surface area contributed by atoms with Crippen molar-refractivity contribution in [2.45, 2.75) is 52.4 Å². The minimum atomic E-state index is -0.586. The predicted molar refractivity (Wildman–Crippen MR) is 79.5 cm³/mol. The Morgan fingerprint density at radius 2 is 1.95 bits per heavy atom. The van der Waals surface area contributed by atoms with E-state index in [9.17, 15) is 9.59 Å². The normalized spacial score (nSPS) is 60.6. The fourth-order valence-electron chi connectivity index (χ4n) is 7.48. The summed E-state index contributed by atoms with van der Waals surface area (Å²) in [5.41, 5.74) is 0.686. The molecule has 0 aromatic rings. The lowest BCUT2D eigenvalue weighted by atomic mass is 9.42. The molecule has 6 fully saturated rings. The number of allylic oxidation sites excluding steroid dienone is 1. The summed E-state index contributed by atoms with van der Waals surface area (Å²) in [4.78, 5) is 26.2. The summed E-state index contributed by atoms with van der Waals surface area (Å²) in [5.74, 6) is 1.99. The van der Waals surface area contributed by atoms with Gasteiger partial charge in [-0.3, -0.25) is 9.59 Å². The zero-order chi connectivity index (χ0) is 14.8. The molecule has 0 heterocycles. The fraction of sp³-hybridized carbons (Fsp3) is 0.789. The van der Waals surface area contributed by atoms with Gasteiger partial charge in [0.25, 0.3) is 0 Å². The Labute approximate surface area is 126 Å². The van der Waals surface area contributed by atoms with Crippen molar-refractivity contribution >= 4 is 11.6 Å². The van der Waals surface area contributed by atoms with Crippen molar-refractivity contribution < 1.29 is 9.59 Å². The maximum Gasteiger partial charge on any atom is 0.153 e. The fourth-order valence-corrected chi connectivity index (χ4v) is 7.48. The van der Waals surface area contributed by atoms with Crippen LogP contribution in [0.25, 0.3) is 0 Å². The molecule has 6 aliphatic carbocycles. The molecule has 6 saturated carbocycles. The lowest BCUT2D eigenvalue weighted by Crippen LogP contribution is -2.60. The van der Waals surface area contributed by atoms with Crippen LogP contribution in [0.3, 0.4) is 0 Å². The molecule has 7 atom stereocenters. The van der Waals surface area contributed by atoms with E-state index in [4.69, 9.17) is 0 Å². The smallest absolute Gasteiger partial charge is 0.153 e. The number of hydrogen-bond acceptors (Lipinski definition) is 2. The van der Waals surface area contributed by atoms with Crippen molar-refractivity contribution in [1.82, 2.24) is 0 Å². The number of Topliss-reactive ketones (excluding diaryl/α,β-unsaturated/α-hetero) is 2. The van der Waals surface area contributed by atoms with Crippen molar-refractivity contribution in [3.63, 3.8) is 0 Å². The molecular weight excluding hydrogens is 260 g/mol. The Hall–Kier alpha value is -0.920. The van der Waals surface area contributed by atoms with Gasteiger partial charge in [-0.15, -0.1) is 0 Å². The summed E-state index contributed by atoms with van der Waals surface area (Å²) < 4.78 is 0. The average molecular weight is 284 g/mol. The van der Waals surface area contributed by atoms with Crippen molar-refractivity contribution in [1.29, 1.82) is 0 Å². The van der Waals surface area contributed by atoms with Crippen LogP contribution >= 0.6 is 0 Å². The zero-order valence-corrected chi connectivity index (χ0v) is 13.1. The van der Waals surface area contributed by atoms with E-state index in [0.29, 0.717) is 29.3 Å². The van der Waals surface area contributed by atoms with Gasteiger partial charge in [-0.25, -0.2) is 0 Å². The highest BCUT2D eigenvalue weighted by Crippen LogP contribution is 2.81. The van der Waals surface area contributed by atoms with Crippen LogP contribution in [-0.2, 0) is 9.59 Å². The van der Waals surface area contributed by atoms with E-state index < -0.39 is 5.41 Å². The van der Waals surface area contributed by atoms with Gasteiger partial charge in [-0.2, -0.15) is 0 Å². The Kier molecular flexibility index (Phi) is 1.93. The molecule has 0 saturated heterocycles. The summed E-state index contributed by atoms with van der Waals surface area (Å²) in [7, 11) is 0. The molecule has 6 rings (SSSR count). The van der Waals surface area contributed by atoms with E-state index in [0.717, 1.165) is 25.7 Å². The van der Waals surface area contributed by atoms with Gasteiger partial charge in [0.05, 0.1) is 5.41 Å². The Balaban J connectivity index is 1.67. The van der Waals surface area contributed by atoms with Gasteiger partial charge in [0.2, 0.25) is 0 Å². The van der Waals surface area contributed by atoms with Gasteiger partial charge >= 0.3 is 0 Å². The highest BCUT2D eigenvalue weighted by molar-refractivity contribution is 6.22. The molecule has 1 spiro atoms. The van der Waals surface area contributed by atoms with Gasteiger partial charge in [-0.05, 0) is 61.7 Å². The molecule has 0 unspecified atom stereocenters. The standard InChI is InChI=1S/C19H24O2/c1-10-5-4-7-17(2)11(10)6-8-19-13(17)9-12-14(15(19)20)18(12,3)16(19)21/h11-14H,1,4-9H2,2-3H3/t11-,12-,13+,14-,17-,18-,19+/m1/s1. The number of carbonyl (C=O) groups excluding carboxylic acids is 2. The average Bonchev–Trinajstić information content (AvgIpc) is 3.02. The maximum atomic E-state index is 13.2. The third-order valence-electron chi connectivity index (χ3n) is 8.54. The zero-order valence-electron chi connectivity index (χ0n) is 13.1. The van der Waals surface area contributed by atoms with Crippen LogP contribution in [0.2, 0.25) is 0 Å². The van der Waals surface area contributed by atoms with Crippen LogP contribution in [0.5, 0.6) is 0 Å². The number of rotatable bonds is 0. The first-order valence-corrected chi connectivity index (χ1v) is 8.65. The first kappa shape index (κ1) is 12.6. The first-order valence-electron chi connectivity index (χ1n) is 8.65. The summed E-state index contributed by atoms with van der Waals surface area (Å²) in [6.45, 7) is 8.77. The van der Waals surface area contributed by atoms with E-state index >= 15 is 0 Å². The Morgan fingerprint density at radius 1 is 1.19 bits per heavy atom. The van der Waals surface area contributed by atoms with Crippen molar-refractivity contribution in [2.75, 3.05) is 0 Å². The van der Waals surface area contributed by atoms with E-state index in [1.54, 1.807) is 0 Å². The molecule has 6 aliphatic rings. The lowest BCUT2D eigenvalue weighted by molar-refractivity contribution is -0.166. The van der Waals surface area contributed by atoms with Crippen molar-refractivity contribution in [3.05, 3.63) is 12.2 Å². The molecule has 2 heteroatoms. The monoisotopic (exact) mass is 284 g/mol. The lowest BCUT2D eigenvalue weighted by Gasteiger charge is -2.60. The van der Waals surface area contributed by atoms with E-state index in [1.165, 1.54) is 18.4 Å². The third kappa shape index (κ3) is 1.01. The molecule has 0 N–H and O–H groups in total. The largest absolute Gasteiger partial charge is 0.298 e. The van der Waals surface area contributed by atoms with Gasteiger partial charge in [-0.1, -0.05) is 26.0 Å². The Bertz CT molecular complexity index is 619. The van der Waals surface area contributed by atoms with Crippen LogP contribution in [0.1, 0.15) is 52.4 Å². The second-order valence-corrected chi connectivity index (χ2v) is 8.93. The third-order valence-corrected chi connectivity index (χ3v) is 8.54. The highest BCUT2D eigenvalue weighted by Gasteiger charge is 2.87. The van der Waals surface area contributed by atoms with Gasteiger partial charge < -0.3 is 0 Å². The van der Waals surface area contributed by atoms with Crippen LogP contribution in [0.15, 0.2) is 12.2 Å². The highest BCUT2D eigenvalue weighted by atomic mass is 16.2. The molecule has 112 valence electrons. The number of fused-ring (bicyclic) bond motifs is 1. The molecule has 4 bridgehead atoms. The van der Waals surface area contributed by atoms with Gasteiger partial charge in [0, 0.05) is 11.3 Å². The minimum absolute atomic E-state index is 0.0909. The van der Waals surface area contributed by atoms with Crippen LogP contribution in [0.4, 0.5) is 0 Å². The van der Waals surface area contributed by atoms with E-state index in [-0.39, 0.29) is 16.7 Å².